The molecule has 0 amide bonds. The Bertz CT molecular complexity index is 1260. The summed E-state index contributed by atoms with van der Waals surface area (Å²) in [5, 5.41) is 6.41. The summed E-state index contributed by atoms with van der Waals surface area (Å²) in [4.78, 5) is 19.8. The summed E-state index contributed by atoms with van der Waals surface area (Å²) in [6.45, 7) is -0.872. The second kappa shape index (κ2) is 7.01. The van der Waals surface area contributed by atoms with Crippen LogP contribution < -0.4 is 20.9 Å². The van der Waals surface area contributed by atoms with E-state index in [9.17, 15) is 18.0 Å². The number of hydrogen-bond acceptors (Lipinski definition) is 6. The maximum Gasteiger partial charge on any atom is 0.310 e. The number of fused-ring (bicyclic) bond motifs is 3. The highest BCUT2D eigenvalue weighted by atomic mass is 35.5. The second-order valence-corrected chi connectivity index (χ2v) is 8.18. The Labute approximate surface area is 179 Å². The van der Waals surface area contributed by atoms with Crippen molar-refractivity contribution in [3.63, 3.8) is 0 Å². The van der Waals surface area contributed by atoms with Gasteiger partial charge in [-0.1, -0.05) is 11.6 Å². The third-order valence-electron chi connectivity index (χ3n) is 5.59. The van der Waals surface area contributed by atoms with Gasteiger partial charge in [-0.25, -0.2) is 13.8 Å². The summed E-state index contributed by atoms with van der Waals surface area (Å²) in [6, 6.07) is 3.82. The first-order valence-corrected chi connectivity index (χ1v) is 10.0. The Balaban J connectivity index is 1.65. The summed E-state index contributed by atoms with van der Waals surface area (Å²) in [6.07, 6.45) is 1.56. The van der Waals surface area contributed by atoms with E-state index in [1.807, 2.05) is 0 Å². The predicted octanol–water partition coefficient (Wildman–Crippen LogP) is 4.08. The molecule has 11 heteroatoms. The molecular weight excluding hydrogens is 435 g/mol. The van der Waals surface area contributed by atoms with Gasteiger partial charge < -0.3 is 19.9 Å². The number of alkyl halides is 2. The van der Waals surface area contributed by atoms with Crippen molar-refractivity contribution in [2.75, 3.05) is 17.2 Å². The number of hydrogen-bond donors (Lipinski definition) is 2. The maximum atomic E-state index is 14.7. The Morgan fingerprint density at radius 2 is 2.13 bits per heavy atom. The van der Waals surface area contributed by atoms with Gasteiger partial charge in [0.05, 0.1) is 23.4 Å². The molecule has 7 nitrogen and oxygen atoms in total. The molecule has 0 radical (unpaired) electrons. The van der Waals surface area contributed by atoms with Gasteiger partial charge in [-0.3, -0.25) is 4.79 Å². The summed E-state index contributed by atoms with van der Waals surface area (Å²) >= 11 is 6.02. The molecule has 1 fully saturated rings. The van der Waals surface area contributed by atoms with E-state index in [-0.39, 0.29) is 28.2 Å². The van der Waals surface area contributed by atoms with E-state index in [2.05, 4.69) is 20.6 Å². The minimum Gasteiger partial charge on any atom is -0.480 e. The summed E-state index contributed by atoms with van der Waals surface area (Å²) in [5.74, 6) is -3.41. The number of ether oxygens (including phenoxy) is 1. The zero-order chi connectivity index (χ0) is 21.9. The molecule has 0 spiro atoms. The lowest BCUT2D eigenvalue weighted by Crippen LogP contribution is -2.44. The van der Waals surface area contributed by atoms with Gasteiger partial charge >= 0.3 is 12.0 Å². The van der Waals surface area contributed by atoms with Crippen LogP contribution in [0.1, 0.15) is 12.8 Å². The van der Waals surface area contributed by atoms with E-state index >= 15 is 0 Å². The molecule has 0 unspecified atom stereocenters. The van der Waals surface area contributed by atoms with Gasteiger partial charge in [0.15, 0.2) is 12.4 Å². The van der Waals surface area contributed by atoms with Gasteiger partial charge in [-0.05, 0) is 37.0 Å². The summed E-state index contributed by atoms with van der Waals surface area (Å²) in [5.41, 5.74) is 0.693. The quantitative estimate of drug-likeness (QED) is 0.584. The first kappa shape index (κ1) is 19.9. The van der Waals surface area contributed by atoms with Crippen LogP contribution in [0, 0.1) is 12.0 Å². The van der Waals surface area contributed by atoms with Gasteiger partial charge in [-0.15, -0.1) is 0 Å². The highest BCUT2D eigenvalue weighted by Crippen LogP contribution is 2.45. The van der Waals surface area contributed by atoms with Gasteiger partial charge in [0.25, 0.3) is 5.56 Å². The topological polar surface area (TPSA) is 81.1 Å². The second-order valence-electron chi connectivity index (χ2n) is 7.77. The van der Waals surface area contributed by atoms with Crippen LogP contribution in [-0.4, -0.2) is 33.1 Å². The van der Waals surface area contributed by atoms with Crippen LogP contribution in [0.5, 0.6) is 5.75 Å². The van der Waals surface area contributed by atoms with Crippen molar-refractivity contribution in [1.29, 1.82) is 0 Å². The zero-order valence-corrected chi connectivity index (χ0v) is 17.0. The van der Waals surface area contributed by atoms with Crippen LogP contribution in [0.4, 0.5) is 30.4 Å². The van der Waals surface area contributed by atoms with Crippen LogP contribution in [0.2, 0.25) is 5.02 Å². The number of pyridine rings is 1. The number of aromatic nitrogens is 3. The number of nitrogens with one attached hydrogen (secondary N) is 2. The molecule has 0 bridgehead atoms. The monoisotopic (exact) mass is 451 g/mol. The Morgan fingerprint density at radius 3 is 2.87 bits per heavy atom. The van der Waals surface area contributed by atoms with Crippen LogP contribution in [0.15, 0.2) is 29.2 Å². The molecule has 162 valence electrons. The lowest BCUT2D eigenvalue weighted by Gasteiger charge is -2.25. The molecule has 3 aromatic rings. The minimum atomic E-state index is -3.13. The van der Waals surface area contributed by atoms with Crippen molar-refractivity contribution in [2.24, 2.45) is 13.0 Å². The fraction of sp³-hybridized carbons (Fsp3) is 0.350. The fourth-order valence-corrected chi connectivity index (χ4v) is 3.99. The van der Waals surface area contributed by atoms with Gasteiger partial charge in [0.1, 0.15) is 5.02 Å². The van der Waals surface area contributed by atoms with Gasteiger partial charge in [-0.2, -0.15) is 9.37 Å². The number of anilines is 3. The molecule has 2 aliphatic rings. The van der Waals surface area contributed by atoms with Crippen LogP contribution in [-0.2, 0) is 7.05 Å². The van der Waals surface area contributed by atoms with E-state index in [4.69, 9.17) is 16.3 Å². The highest BCUT2D eigenvalue weighted by Gasteiger charge is 2.51. The molecule has 1 saturated carbocycles. The first-order valence-electron chi connectivity index (χ1n) is 9.63. The first-order chi connectivity index (χ1) is 14.7. The largest absolute Gasteiger partial charge is 0.480 e. The smallest absolute Gasteiger partial charge is 0.310 e. The van der Waals surface area contributed by atoms with E-state index in [0.29, 0.717) is 29.4 Å². The van der Waals surface area contributed by atoms with E-state index < -0.39 is 30.2 Å². The Morgan fingerprint density at radius 1 is 1.35 bits per heavy atom. The van der Waals surface area contributed by atoms with Crippen LogP contribution >= 0.6 is 11.6 Å². The van der Waals surface area contributed by atoms with Crippen LogP contribution in [0.3, 0.4) is 0 Å². The van der Waals surface area contributed by atoms with Gasteiger partial charge in [0, 0.05) is 18.1 Å². The Kier molecular flexibility index (Phi) is 4.51. The molecule has 1 aromatic carbocycles. The van der Waals surface area contributed by atoms with Crippen molar-refractivity contribution in [1.82, 2.24) is 14.5 Å². The summed E-state index contributed by atoms with van der Waals surface area (Å²) < 4.78 is 49.5. The van der Waals surface area contributed by atoms with Crippen molar-refractivity contribution in [2.45, 2.75) is 24.8 Å². The highest BCUT2D eigenvalue weighted by molar-refractivity contribution is 6.32. The van der Waals surface area contributed by atoms with Crippen molar-refractivity contribution in [3.05, 3.63) is 45.9 Å². The molecule has 1 aliphatic heterocycles. The van der Waals surface area contributed by atoms with E-state index in [1.54, 1.807) is 25.2 Å². The van der Waals surface area contributed by atoms with E-state index in [0.717, 1.165) is 6.20 Å². The molecule has 1 aliphatic carbocycles. The molecule has 2 aromatic heterocycles. The lowest BCUT2D eigenvalue weighted by atomic mass is 10.0. The number of benzene rings is 1. The third kappa shape index (κ3) is 3.44. The number of nitrogens with zero attached hydrogens (tertiary/aromatic N) is 3. The van der Waals surface area contributed by atoms with Crippen molar-refractivity contribution < 1.29 is 17.9 Å². The number of aryl methyl sites for hydroxylation is 1. The Hall–Kier alpha value is -3.01. The molecule has 3 heterocycles. The number of halogens is 4. The molecule has 0 saturated heterocycles. The maximum absolute atomic E-state index is 14.7. The molecule has 31 heavy (non-hydrogen) atoms. The average Bonchev–Trinajstić information content (AvgIpc) is 3.56. The van der Waals surface area contributed by atoms with Crippen molar-refractivity contribution >= 4 is 39.7 Å². The lowest BCUT2D eigenvalue weighted by molar-refractivity contribution is -0.0579. The van der Waals surface area contributed by atoms with Crippen molar-refractivity contribution in [3.8, 4) is 5.75 Å². The minimum absolute atomic E-state index is 0.0519. The third-order valence-corrected chi connectivity index (χ3v) is 5.86. The van der Waals surface area contributed by atoms with Gasteiger partial charge in [0.2, 0.25) is 5.75 Å². The average molecular weight is 452 g/mol. The summed E-state index contributed by atoms with van der Waals surface area (Å²) in [7, 11) is 1.54. The fourth-order valence-electron chi connectivity index (χ4n) is 3.86. The standard InChI is InChI=1S/C20H17ClF3N5O2/c1-29-13-5-4-10(26-17-12(21)7-25-19(22)28-17)6-11(13)14-15(18(29)30)31-8-20(23,24)16(27-14)9-2-3-9/h4-7,9,16,27H,2-3,8H2,1H3,(H,25,26,28)/t16-/m0/s1. The molecule has 2 N–H and O–H groups in total. The van der Waals surface area contributed by atoms with E-state index in [1.165, 1.54) is 4.57 Å². The molecule has 5 rings (SSSR count). The molecule has 1 atom stereocenters. The van der Waals surface area contributed by atoms with Crippen LogP contribution in [0.25, 0.3) is 10.9 Å². The normalized spacial score (nSPS) is 19.8. The predicted molar refractivity (Wildman–Crippen MR) is 110 cm³/mol. The SMILES string of the molecule is Cn1c(=O)c2c(c3cc(Nc4nc(F)ncc4Cl)ccc31)N[C@@H](C1CC1)C(F)(F)CO2. The number of rotatable bonds is 3. The molecular formula is C20H17ClF3N5O2. The zero-order valence-electron chi connectivity index (χ0n) is 16.3.